The first-order chi connectivity index (χ1) is 11.4. The minimum atomic E-state index is -3.17. The molecule has 122 valence electrons. The van der Waals surface area contributed by atoms with Gasteiger partial charge in [0.15, 0.2) is 9.84 Å². The zero-order valence-corrected chi connectivity index (χ0v) is 14.9. The first kappa shape index (κ1) is 15.7. The highest BCUT2D eigenvalue weighted by atomic mass is 35.5. The van der Waals surface area contributed by atoms with Crippen molar-refractivity contribution in [3.05, 3.63) is 76.8 Å². The normalized spacial score (nSPS) is 18.4. The number of halogens is 1. The van der Waals surface area contributed by atoms with Crippen LogP contribution >= 0.6 is 11.6 Å². The molecule has 1 fully saturated rings. The van der Waals surface area contributed by atoms with E-state index in [-0.39, 0.29) is 5.41 Å². The summed E-state index contributed by atoms with van der Waals surface area (Å²) in [6, 6.07) is 15.0. The van der Waals surface area contributed by atoms with E-state index in [2.05, 4.69) is 12.2 Å². The molecule has 24 heavy (non-hydrogen) atoms. The maximum absolute atomic E-state index is 11.7. The summed E-state index contributed by atoms with van der Waals surface area (Å²) in [6.45, 7) is 0. The Labute approximate surface area is 147 Å². The minimum absolute atomic E-state index is 0.194. The molecule has 2 aliphatic carbocycles. The summed E-state index contributed by atoms with van der Waals surface area (Å²) in [4.78, 5) is 0.350. The molecular weight excluding hydrogens is 340 g/mol. The Kier molecular flexibility index (Phi) is 3.48. The standard InChI is InChI=1S/C20H17ClO2S/c1-24(22,23)17-8-4-15(5-9-17)19-13-20(10-11-20)12-18(19)14-2-6-16(21)7-3-14/h2-9,12-13H,10-11H2,1H3. The fraction of sp³-hybridized carbons (Fsp3) is 0.200. The predicted molar refractivity (Wildman–Crippen MR) is 98.6 cm³/mol. The Bertz CT molecular complexity index is 961. The highest BCUT2D eigenvalue weighted by molar-refractivity contribution is 7.90. The lowest BCUT2D eigenvalue weighted by atomic mass is 9.95. The van der Waals surface area contributed by atoms with Crippen LogP contribution in [0.2, 0.25) is 5.02 Å². The van der Waals surface area contributed by atoms with Crippen LogP contribution in [0.15, 0.2) is 65.6 Å². The van der Waals surface area contributed by atoms with E-state index in [1.807, 2.05) is 36.4 Å². The molecule has 2 aliphatic rings. The number of rotatable bonds is 3. The summed E-state index contributed by atoms with van der Waals surface area (Å²) in [7, 11) is -3.17. The van der Waals surface area contributed by atoms with Gasteiger partial charge < -0.3 is 0 Å². The maximum Gasteiger partial charge on any atom is 0.175 e. The Hall–Kier alpha value is -1.84. The van der Waals surface area contributed by atoms with Crippen molar-refractivity contribution in [1.82, 2.24) is 0 Å². The largest absolute Gasteiger partial charge is 0.224 e. The fourth-order valence-corrected chi connectivity index (χ4v) is 3.95. The molecule has 1 saturated carbocycles. The Morgan fingerprint density at radius 1 is 0.833 bits per heavy atom. The van der Waals surface area contributed by atoms with Crippen molar-refractivity contribution in [3.63, 3.8) is 0 Å². The second-order valence-corrected chi connectivity index (χ2v) is 9.10. The van der Waals surface area contributed by atoms with Crippen molar-refractivity contribution in [3.8, 4) is 0 Å². The first-order valence-corrected chi connectivity index (χ1v) is 10.2. The molecule has 2 aromatic rings. The van der Waals surface area contributed by atoms with Crippen molar-refractivity contribution in [2.75, 3.05) is 6.26 Å². The van der Waals surface area contributed by atoms with Gasteiger partial charge in [0.2, 0.25) is 0 Å². The zero-order chi connectivity index (χ0) is 16.9. The Morgan fingerprint density at radius 3 is 1.71 bits per heavy atom. The van der Waals surface area contributed by atoms with E-state index in [1.165, 1.54) is 30.2 Å². The monoisotopic (exact) mass is 356 g/mol. The smallest absolute Gasteiger partial charge is 0.175 e. The second kappa shape index (κ2) is 5.33. The molecule has 0 radical (unpaired) electrons. The Morgan fingerprint density at radius 2 is 1.29 bits per heavy atom. The van der Waals surface area contributed by atoms with E-state index in [9.17, 15) is 8.42 Å². The van der Waals surface area contributed by atoms with Crippen molar-refractivity contribution < 1.29 is 8.42 Å². The van der Waals surface area contributed by atoms with Crippen LogP contribution in [0.5, 0.6) is 0 Å². The van der Waals surface area contributed by atoms with E-state index in [0.29, 0.717) is 4.90 Å². The number of sulfone groups is 1. The van der Waals surface area contributed by atoms with Gasteiger partial charge in [0.25, 0.3) is 0 Å². The molecule has 0 aromatic heterocycles. The van der Waals surface area contributed by atoms with Gasteiger partial charge in [0.05, 0.1) is 4.90 Å². The lowest BCUT2D eigenvalue weighted by Gasteiger charge is -2.10. The fourth-order valence-electron chi connectivity index (χ4n) is 3.19. The molecular formula is C20H17ClO2S. The topological polar surface area (TPSA) is 34.1 Å². The molecule has 0 atom stereocenters. The lowest BCUT2D eigenvalue weighted by Crippen LogP contribution is -1.97. The summed E-state index contributed by atoms with van der Waals surface area (Å²) in [5, 5.41) is 0.724. The van der Waals surface area contributed by atoms with Gasteiger partial charge in [-0.2, -0.15) is 0 Å². The number of benzene rings is 2. The number of allylic oxidation sites excluding steroid dienone is 4. The average Bonchev–Trinajstić information content (AvgIpc) is 3.19. The van der Waals surface area contributed by atoms with Crippen molar-refractivity contribution in [2.45, 2.75) is 17.7 Å². The second-order valence-electron chi connectivity index (χ2n) is 6.65. The van der Waals surface area contributed by atoms with Crippen molar-refractivity contribution in [2.24, 2.45) is 5.41 Å². The minimum Gasteiger partial charge on any atom is -0.224 e. The maximum atomic E-state index is 11.7. The van der Waals surface area contributed by atoms with E-state index in [4.69, 9.17) is 11.6 Å². The van der Waals surface area contributed by atoms with Crippen LogP contribution in [0.25, 0.3) is 11.1 Å². The van der Waals surface area contributed by atoms with Crippen molar-refractivity contribution in [1.29, 1.82) is 0 Å². The molecule has 4 heteroatoms. The zero-order valence-electron chi connectivity index (χ0n) is 13.3. The lowest BCUT2D eigenvalue weighted by molar-refractivity contribution is 0.602. The number of hydrogen-bond donors (Lipinski definition) is 0. The third-order valence-corrected chi connectivity index (χ3v) is 6.11. The van der Waals surface area contributed by atoms with Crippen molar-refractivity contribution >= 4 is 32.6 Å². The van der Waals surface area contributed by atoms with Gasteiger partial charge in [-0.1, -0.05) is 48.0 Å². The molecule has 0 N–H and O–H groups in total. The van der Waals surface area contributed by atoms with Gasteiger partial charge in [-0.3, -0.25) is 0 Å². The van der Waals surface area contributed by atoms with Crippen LogP contribution in [0.4, 0.5) is 0 Å². The highest BCUT2D eigenvalue weighted by Gasteiger charge is 2.43. The third-order valence-electron chi connectivity index (χ3n) is 4.73. The predicted octanol–water partition coefficient (Wildman–Crippen LogP) is 5.00. The van der Waals surface area contributed by atoms with Crippen LogP contribution in [0.3, 0.4) is 0 Å². The molecule has 1 spiro atoms. The van der Waals surface area contributed by atoms with Crippen LogP contribution < -0.4 is 0 Å². The molecule has 0 saturated heterocycles. The summed E-state index contributed by atoms with van der Waals surface area (Å²) >= 11 is 6.01. The van der Waals surface area contributed by atoms with Gasteiger partial charge in [-0.15, -0.1) is 0 Å². The molecule has 2 aromatic carbocycles. The summed E-state index contributed by atoms with van der Waals surface area (Å²) < 4.78 is 23.3. The number of hydrogen-bond acceptors (Lipinski definition) is 2. The highest BCUT2D eigenvalue weighted by Crippen LogP contribution is 2.57. The van der Waals surface area contributed by atoms with Crippen LogP contribution in [-0.2, 0) is 9.84 Å². The summed E-state index contributed by atoms with van der Waals surface area (Å²) in [6.07, 6.45) is 8.25. The molecule has 0 unspecified atom stereocenters. The van der Waals surface area contributed by atoms with E-state index in [1.54, 1.807) is 12.1 Å². The van der Waals surface area contributed by atoms with E-state index in [0.717, 1.165) is 16.1 Å². The van der Waals surface area contributed by atoms with Gasteiger partial charge in [-0.05, 0) is 59.4 Å². The third kappa shape index (κ3) is 2.83. The molecule has 0 bridgehead atoms. The molecule has 4 rings (SSSR count). The molecule has 0 aliphatic heterocycles. The average molecular weight is 357 g/mol. The van der Waals surface area contributed by atoms with Gasteiger partial charge in [0.1, 0.15) is 0 Å². The van der Waals surface area contributed by atoms with Gasteiger partial charge in [-0.25, -0.2) is 8.42 Å². The van der Waals surface area contributed by atoms with E-state index >= 15 is 0 Å². The summed E-state index contributed by atoms with van der Waals surface area (Å²) in [5.41, 5.74) is 4.76. The SMILES string of the molecule is CS(=O)(=O)c1ccc(C2=CC3(C=C2c2ccc(Cl)cc2)CC3)cc1. The van der Waals surface area contributed by atoms with Crippen LogP contribution in [0.1, 0.15) is 24.0 Å². The van der Waals surface area contributed by atoms with Gasteiger partial charge >= 0.3 is 0 Å². The van der Waals surface area contributed by atoms with Gasteiger partial charge in [0, 0.05) is 16.7 Å². The Balaban J connectivity index is 1.76. The van der Waals surface area contributed by atoms with E-state index < -0.39 is 9.84 Å². The first-order valence-electron chi connectivity index (χ1n) is 7.89. The molecule has 0 heterocycles. The molecule has 0 amide bonds. The van der Waals surface area contributed by atoms with Crippen LogP contribution in [0, 0.1) is 5.41 Å². The van der Waals surface area contributed by atoms with Crippen LogP contribution in [-0.4, -0.2) is 14.7 Å². The summed E-state index contributed by atoms with van der Waals surface area (Å²) in [5.74, 6) is 0. The molecule has 2 nitrogen and oxygen atoms in total. The quantitative estimate of drug-likeness (QED) is 0.775.